The van der Waals surface area contributed by atoms with E-state index < -0.39 is 0 Å². The summed E-state index contributed by atoms with van der Waals surface area (Å²) in [5, 5.41) is 0. The molecular formula is C9H10Br2OS. The van der Waals surface area contributed by atoms with Crippen LogP contribution in [-0.4, -0.2) is 10.6 Å². The first-order valence-corrected chi connectivity index (χ1v) is 6.53. The molecule has 0 saturated carbocycles. The van der Waals surface area contributed by atoms with Gasteiger partial charge in [0, 0.05) is 10.4 Å². The largest absolute Gasteiger partial charge is 0.293 e. The van der Waals surface area contributed by atoms with E-state index in [1.807, 2.05) is 19.9 Å². The zero-order chi connectivity index (χ0) is 10.0. The second-order valence-electron chi connectivity index (χ2n) is 2.76. The summed E-state index contributed by atoms with van der Waals surface area (Å²) in [4.78, 5) is 12.8. The van der Waals surface area contributed by atoms with Crippen LogP contribution in [0, 0.1) is 6.92 Å². The number of carbonyl (C=O) groups excluding carboxylic acids is 1. The van der Waals surface area contributed by atoms with Gasteiger partial charge in [-0.3, -0.25) is 4.79 Å². The summed E-state index contributed by atoms with van der Waals surface area (Å²) < 4.78 is 1.02. The highest BCUT2D eigenvalue weighted by Crippen LogP contribution is 2.28. The highest BCUT2D eigenvalue weighted by atomic mass is 79.9. The number of hydrogen-bond acceptors (Lipinski definition) is 2. The lowest BCUT2D eigenvalue weighted by atomic mass is 10.1. The fourth-order valence-corrected chi connectivity index (χ4v) is 2.99. The highest BCUT2D eigenvalue weighted by Gasteiger charge is 2.18. The Kier molecular flexibility index (Phi) is 4.13. The van der Waals surface area contributed by atoms with Gasteiger partial charge in [-0.15, -0.1) is 11.3 Å². The van der Waals surface area contributed by atoms with E-state index in [0.29, 0.717) is 0 Å². The molecule has 1 unspecified atom stereocenters. The van der Waals surface area contributed by atoms with Crippen molar-refractivity contribution in [3.63, 3.8) is 0 Å². The number of aryl methyl sites for hydroxylation is 1. The first kappa shape index (κ1) is 11.4. The standard InChI is InChI=1S/C9H10Br2OS/c1-3-7(10)9(12)6-4-8(11)13-5(6)2/h4,7H,3H2,1-2H3. The van der Waals surface area contributed by atoms with Gasteiger partial charge in [0.2, 0.25) is 0 Å². The average molecular weight is 326 g/mol. The van der Waals surface area contributed by atoms with Gasteiger partial charge in [-0.05, 0) is 35.3 Å². The molecule has 1 rings (SSSR count). The molecule has 1 heterocycles. The summed E-state index contributed by atoms with van der Waals surface area (Å²) >= 11 is 8.34. The average Bonchev–Trinajstić information content (AvgIpc) is 2.42. The maximum atomic E-state index is 11.7. The Labute approximate surface area is 98.8 Å². The van der Waals surface area contributed by atoms with Crippen LogP contribution in [0.15, 0.2) is 9.85 Å². The Hall–Kier alpha value is 0.330. The molecule has 0 saturated heterocycles. The van der Waals surface area contributed by atoms with Crippen LogP contribution in [0.2, 0.25) is 0 Å². The lowest BCUT2D eigenvalue weighted by Gasteiger charge is -2.03. The van der Waals surface area contributed by atoms with E-state index >= 15 is 0 Å². The lowest BCUT2D eigenvalue weighted by Crippen LogP contribution is -2.12. The number of thiophene rings is 1. The van der Waals surface area contributed by atoms with Crippen molar-refractivity contribution in [1.82, 2.24) is 0 Å². The molecule has 13 heavy (non-hydrogen) atoms. The molecule has 0 spiro atoms. The minimum Gasteiger partial charge on any atom is -0.293 e. The van der Waals surface area contributed by atoms with E-state index in [-0.39, 0.29) is 10.6 Å². The number of hydrogen-bond donors (Lipinski definition) is 0. The van der Waals surface area contributed by atoms with Crippen molar-refractivity contribution < 1.29 is 4.79 Å². The van der Waals surface area contributed by atoms with Crippen molar-refractivity contribution in [3.05, 3.63) is 20.3 Å². The van der Waals surface area contributed by atoms with Gasteiger partial charge in [-0.2, -0.15) is 0 Å². The molecule has 1 aromatic heterocycles. The summed E-state index contributed by atoms with van der Waals surface area (Å²) in [6.07, 6.45) is 0.825. The second kappa shape index (κ2) is 4.71. The molecule has 0 amide bonds. The molecule has 1 aromatic rings. The van der Waals surface area contributed by atoms with Crippen molar-refractivity contribution in [2.24, 2.45) is 0 Å². The van der Waals surface area contributed by atoms with Crippen molar-refractivity contribution >= 4 is 49.0 Å². The van der Waals surface area contributed by atoms with Gasteiger partial charge >= 0.3 is 0 Å². The van der Waals surface area contributed by atoms with Gasteiger partial charge in [0.15, 0.2) is 5.78 Å². The Morgan fingerprint density at radius 3 is 2.69 bits per heavy atom. The van der Waals surface area contributed by atoms with E-state index in [4.69, 9.17) is 0 Å². The SMILES string of the molecule is CCC(Br)C(=O)c1cc(Br)sc1C. The van der Waals surface area contributed by atoms with E-state index in [9.17, 15) is 4.79 Å². The van der Waals surface area contributed by atoms with Crippen LogP contribution in [0.25, 0.3) is 0 Å². The van der Waals surface area contributed by atoms with Gasteiger partial charge in [-0.25, -0.2) is 0 Å². The van der Waals surface area contributed by atoms with Crippen LogP contribution in [0.3, 0.4) is 0 Å². The van der Waals surface area contributed by atoms with Gasteiger partial charge in [0.25, 0.3) is 0 Å². The number of Topliss-reactive ketones (excluding diaryl/α,β-unsaturated/α-hetero) is 1. The molecule has 0 aromatic carbocycles. The zero-order valence-electron chi connectivity index (χ0n) is 7.43. The number of carbonyl (C=O) groups is 1. The van der Waals surface area contributed by atoms with Gasteiger partial charge < -0.3 is 0 Å². The first-order valence-electron chi connectivity index (χ1n) is 4.00. The monoisotopic (exact) mass is 324 g/mol. The summed E-state index contributed by atoms with van der Waals surface area (Å²) in [5.74, 6) is 0.182. The molecule has 1 atom stereocenters. The van der Waals surface area contributed by atoms with Crippen molar-refractivity contribution in [3.8, 4) is 0 Å². The van der Waals surface area contributed by atoms with Crippen molar-refractivity contribution in [1.29, 1.82) is 0 Å². The van der Waals surface area contributed by atoms with E-state index in [1.165, 1.54) is 0 Å². The second-order valence-corrected chi connectivity index (χ2v) is 6.50. The fourth-order valence-electron chi connectivity index (χ4n) is 1.04. The Balaban J connectivity index is 2.94. The summed E-state index contributed by atoms with van der Waals surface area (Å²) in [6, 6.07) is 1.90. The predicted octanol–water partition coefficient (Wildman–Crippen LogP) is 4.18. The molecule has 1 nitrogen and oxygen atoms in total. The fraction of sp³-hybridized carbons (Fsp3) is 0.444. The molecule has 0 N–H and O–H groups in total. The molecule has 0 aliphatic carbocycles. The molecular weight excluding hydrogens is 316 g/mol. The number of ketones is 1. The third-order valence-corrected chi connectivity index (χ3v) is 4.41. The molecule has 0 aliphatic rings. The maximum Gasteiger partial charge on any atom is 0.177 e. The topological polar surface area (TPSA) is 17.1 Å². The molecule has 72 valence electrons. The third kappa shape index (κ3) is 2.64. The van der Waals surface area contributed by atoms with Crippen LogP contribution < -0.4 is 0 Å². The minimum absolute atomic E-state index is 0.0484. The van der Waals surface area contributed by atoms with Crippen LogP contribution in [-0.2, 0) is 0 Å². The van der Waals surface area contributed by atoms with Crippen LogP contribution in [0.5, 0.6) is 0 Å². The predicted molar refractivity (Wildman–Crippen MR) is 64.1 cm³/mol. The number of rotatable bonds is 3. The van der Waals surface area contributed by atoms with Crippen molar-refractivity contribution in [2.75, 3.05) is 0 Å². The quantitative estimate of drug-likeness (QED) is 0.602. The van der Waals surface area contributed by atoms with E-state index in [0.717, 1.165) is 20.6 Å². The van der Waals surface area contributed by atoms with Crippen LogP contribution >= 0.6 is 43.2 Å². The smallest absolute Gasteiger partial charge is 0.177 e. The van der Waals surface area contributed by atoms with Crippen LogP contribution in [0.4, 0.5) is 0 Å². The van der Waals surface area contributed by atoms with Gasteiger partial charge in [0.1, 0.15) is 0 Å². The van der Waals surface area contributed by atoms with Gasteiger partial charge in [0.05, 0.1) is 8.61 Å². The molecule has 0 aliphatic heterocycles. The zero-order valence-corrected chi connectivity index (χ0v) is 11.4. The normalized spacial score (nSPS) is 12.9. The molecule has 4 heteroatoms. The van der Waals surface area contributed by atoms with E-state index in [1.54, 1.807) is 11.3 Å². The van der Waals surface area contributed by atoms with Crippen LogP contribution in [0.1, 0.15) is 28.6 Å². The maximum absolute atomic E-state index is 11.7. The summed E-state index contributed by atoms with van der Waals surface area (Å²) in [6.45, 7) is 3.96. The third-order valence-electron chi connectivity index (χ3n) is 1.80. The molecule has 0 radical (unpaired) electrons. The summed E-state index contributed by atoms with van der Waals surface area (Å²) in [7, 11) is 0. The Morgan fingerprint density at radius 1 is 1.69 bits per heavy atom. The molecule has 0 bridgehead atoms. The first-order chi connectivity index (χ1) is 6.06. The highest BCUT2D eigenvalue weighted by molar-refractivity contribution is 9.11. The van der Waals surface area contributed by atoms with Crippen molar-refractivity contribution in [2.45, 2.75) is 25.1 Å². The molecule has 0 fully saturated rings. The van der Waals surface area contributed by atoms with Gasteiger partial charge in [-0.1, -0.05) is 22.9 Å². The lowest BCUT2D eigenvalue weighted by molar-refractivity contribution is 0.0990. The number of alkyl halides is 1. The Morgan fingerprint density at radius 2 is 2.31 bits per heavy atom. The number of halogens is 2. The minimum atomic E-state index is -0.0484. The summed E-state index contributed by atoms with van der Waals surface area (Å²) in [5.41, 5.74) is 0.834. The van der Waals surface area contributed by atoms with E-state index in [2.05, 4.69) is 31.9 Å². The Bertz CT molecular complexity index is 319.